The molecule has 0 saturated heterocycles. The monoisotopic (exact) mass is 158 g/mol. The maximum absolute atomic E-state index is 5.31. The van der Waals surface area contributed by atoms with Gasteiger partial charge in [0.15, 0.2) is 0 Å². The summed E-state index contributed by atoms with van der Waals surface area (Å²) in [5.41, 5.74) is 0. The molecule has 0 aliphatic heterocycles. The molecule has 1 aliphatic rings. The van der Waals surface area contributed by atoms with E-state index >= 15 is 0 Å². The van der Waals surface area contributed by atoms with E-state index < -0.39 is 0 Å². The predicted molar refractivity (Wildman–Crippen MR) is 44.6 cm³/mol. The molecule has 0 aromatic rings. The van der Waals surface area contributed by atoms with Crippen molar-refractivity contribution in [1.82, 2.24) is 0 Å². The second-order valence-electron chi connectivity index (χ2n) is 3.53. The minimum absolute atomic E-state index is 0.420. The summed E-state index contributed by atoms with van der Waals surface area (Å²) in [6, 6.07) is 0. The third kappa shape index (κ3) is 2.46. The van der Waals surface area contributed by atoms with Crippen LogP contribution in [0.1, 0.15) is 26.2 Å². The molecule has 1 rings (SSSR count). The van der Waals surface area contributed by atoms with Gasteiger partial charge in [-0.25, -0.2) is 0 Å². The van der Waals surface area contributed by atoms with E-state index in [1.165, 1.54) is 12.8 Å². The van der Waals surface area contributed by atoms with Crippen molar-refractivity contribution in [2.45, 2.75) is 38.4 Å². The van der Waals surface area contributed by atoms with Crippen molar-refractivity contribution in [1.29, 1.82) is 0 Å². The molecule has 0 bridgehead atoms. The molecule has 2 unspecified atom stereocenters. The van der Waals surface area contributed by atoms with E-state index in [-0.39, 0.29) is 0 Å². The van der Waals surface area contributed by atoms with Crippen molar-refractivity contribution in [3.8, 4) is 0 Å². The molecule has 0 heterocycles. The second-order valence-corrected chi connectivity index (χ2v) is 3.53. The summed E-state index contributed by atoms with van der Waals surface area (Å²) in [7, 11) is 3.57. The maximum atomic E-state index is 5.31. The molecule has 66 valence electrons. The fraction of sp³-hybridized carbons (Fsp3) is 1.00. The number of ether oxygens (including phenoxy) is 2. The molecule has 2 nitrogen and oxygen atoms in total. The van der Waals surface area contributed by atoms with Gasteiger partial charge in [0, 0.05) is 14.2 Å². The normalized spacial score (nSPS) is 39.0. The second kappa shape index (κ2) is 4.07. The lowest BCUT2D eigenvalue weighted by Gasteiger charge is -2.31. The summed E-state index contributed by atoms with van der Waals surface area (Å²) in [5.74, 6) is 0.749. The van der Waals surface area contributed by atoms with Crippen molar-refractivity contribution >= 4 is 0 Å². The van der Waals surface area contributed by atoms with Crippen LogP contribution in [0.5, 0.6) is 0 Å². The van der Waals surface area contributed by atoms with Crippen LogP contribution in [0.3, 0.4) is 0 Å². The van der Waals surface area contributed by atoms with E-state index in [2.05, 4.69) is 6.92 Å². The largest absolute Gasteiger partial charge is 0.381 e. The summed E-state index contributed by atoms with van der Waals surface area (Å²) in [4.78, 5) is 0. The molecule has 2 heteroatoms. The molecule has 0 N–H and O–H groups in total. The molecule has 1 aliphatic carbocycles. The van der Waals surface area contributed by atoms with Crippen LogP contribution in [-0.2, 0) is 9.47 Å². The Bertz CT molecular complexity index is 102. The zero-order valence-electron chi connectivity index (χ0n) is 7.67. The highest BCUT2D eigenvalue weighted by molar-refractivity contribution is 4.77. The first-order chi connectivity index (χ1) is 5.26. The van der Waals surface area contributed by atoms with Gasteiger partial charge in [-0.1, -0.05) is 6.92 Å². The van der Waals surface area contributed by atoms with Gasteiger partial charge in [0.1, 0.15) is 0 Å². The number of hydrogen-bond acceptors (Lipinski definition) is 2. The van der Waals surface area contributed by atoms with Crippen LogP contribution in [-0.4, -0.2) is 26.4 Å². The molecule has 1 saturated carbocycles. The fourth-order valence-electron chi connectivity index (χ4n) is 1.86. The first-order valence-electron chi connectivity index (χ1n) is 4.31. The van der Waals surface area contributed by atoms with Gasteiger partial charge in [0.25, 0.3) is 0 Å². The third-order valence-electron chi connectivity index (χ3n) is 2.52. The Labute approximate surface area is 68.9 Å². The lowest BCUT2D eigenvalue weighted by Crippen LogP contribution is -2.30. The van der Waals surface area contributed by atoms with Crippen molar-refractivity contribution in [2.24, 2.45) is 5.92 Å². The van der Waals surface area contributed by atoms with E-state index in [1.54, 1.807) is 14.2 Å². The van der Waals surface area contributed by atoms with E-state index in [9.17, 15) is 0 Å². The molecule has 0 spiro atoms. The summed E-state index contributed by atoms with van der Waals surface area (Å²) in [6.07, 6.45) is 4.29. The average Bonchev–Trinajstić information content (AvgIpc) is 2.03. The number of methoxy groups -OCH3 is 2. The maximum Gasteiger partial charge on any atom is 0.0598 e. The van der Waals surface area contributed by atoms with Crippen molar-refractivity contribution in [2.75, 3.05) is 14.2 Å². The van der Waals surface area contributed by atoms with E-state index in [0.717, 1.165) is 12.3 Å². The molecule has 1 fully saturated rings. The molecule has 0 radical (unpaired) electrons. The Hall–Kier alpha value is -0.0800. The highest BCUT2D eigenvalue weighted by atomic mass is 16.5. The Morgan fingerprint density at radius 2 is 1.36 bits per heavy atom. The van der Waals surface area contributed by atoms with E-state index in [4.69, 9.17) is 9.47 Å². The molecule has 0 aromatic heterocycles. The Morgan fingerprint density at radius 3 is 1.73 bits per heavy atom. The van der Waals surface area contributed by atoms with Gasteiger partial charge in [-0.15, -0.1) is 0 Å². The van der Waals surface area contributed by atoms with Crippen molar-refractivity contribution < 1.29 is 9.47 Å². The van der Waals surface area contributed by atoms with E-state index in [0.29, 0.717) is 12.2 Å². The zero-order chi connectivity index (χ0) is 8.27. The fourth-order valence-corrected chi connectivity index (χ4v) is 1.86. The molecular weight excluding hydrogens is 140 g/mol. The number of hydrogen-bond donors (Lipinski definition) is 0. The van der Waals surface area contributed by atoms with Crippen LogP contribution in [0.2, 0.25) is 0 Å². The molecule has 0 amide bonds. The quantitative estimate of drug-likeness (QED) is 0.610. The van der Waals surface area contributed by atoms with Gasteiger partial charge in [-0.3, -0.25) is 0 Å². The first-order valence-corrected chi connectivity index (χ1v) is 4.31. The topological polar surface area (TPSA) is 18.5 Å². The molecular formula is C9H18O2. The molecule has 0 aromatic carbocycles. The van der Waals surface area contributed by atoms with Crippen LogP contribution < -0.4 is 0 Å². The van der Waals surface area contributed by atoms with Gasteiger partial charge < -0.3 is 9.47 Å². The van der Waals surface area contributed by atoms with E-state index in [1.807, 2.05) is 0 Å². The Kier molecular flexibility index (Phi) is 3.34. The Morgan fingerprint density at radius 1 is 0.909 bits per heavy atom. The van der Waals surface area contributed by atoms with Crippen LogP contribution in [0, 0.1) is 5.92 Å². The van der Waals surface area contributed by atoms with Crippen LogP contribution in [0.15, 0.2) is 0 Å². The highest BCUT2D eigenvalue weighted by Crippen LogP contribution is 2.27. The lowest BCUT2D eigenvalue weighted by atomic mass is 9.86. The SMILES string of the molecule is COC1CC(C)CC(OC)C1. The predicted octanol–water partition coefficient (Wildman–Crippen LogP) is 1.84. The highest BCUT2D eigenvalue weighted by Gasteiger charge is 2.25. The minimum Gasteiger partial charge on any atom is -0.381 e. The minimum atomic E-state index is 0.420. The number of rotatable bonds is 2. The van der Waals surface area contributed by atoms with Crippen LogP contribution >= 0.6 is 0 Å². The van der Waals surface area contributed by atoms with Gasteiger partial charge in [-0.2, -0.15) is 0 Å². The standard InChI is InChI=1S/C9H18O2/c1-7-4-8(10-2)6-9(5-7)11-3/h7-9H,4-6H2,1-3H3. The lowest BCUT2D eigenvalue weighted by molar-refractivity contribution is -0.0264. The Balaban J connectivity index is 2.37. The molecule has 11 heavy (non-hydrogen) atoms. The summed E-state index contributed by atoms with van der Waals surface area (Å²) >= 11 is 0. The van der Waals surface area contributed by atoms with Crippen molar-refractivity contribution in [3.63, 3.8) is 0 Å². The smallest absolute Gasteiger partial charge is 0.0598 e. The van der Waals surface area contributed by atoms with Gasteiger partial charge in [0.05, 0.1) is 12.2 Å². The van der Waals surface area contributed by atoms with Gasteiger partial charge in [-0.05, 0) is 25.2 Å². The summed E-state index contributed by atoms with van der Waals surface area (Å²) in [6.45, 7) is 2.26. The van der Waals surface area contributed by atoms with Gasteiger partial charge >= 0.3 is 0 Å². The first kappa shape index (κ1) is 9.01. The van der Waals surface area contributed by atoms with Crippen LogP contribution in [0.4, 0.5) is 0 Å². The third-order valence-corrected chi connectivity index (χ3v) is 2.52. The molecule has 2 atom stereocenters. The van der Waals surface area contributed by atoms with Crippen molar-refractivity contribution in [3.05, 3.63) is 0 Å². The van der Waals surface area contributed by atoms with Crippen LogP contribution in [0.25, 0.3) is 0 Å². The van der Waals surface area contributed by atoms with Gasteiger partial charge in [0.2, 0.25) is 0 Å². The average molecular weight is 158 g/mol. The summed E-state index contributed by atoms with van der Waals surface area (Å²) in [5, 5.41) is 0. The zero-order valence-corrected chi connectivity index (χ0v) is 7.67. The summed E-state index contributed by atoms with van der Waals surface area (Å²) < 4.78 is 10.6.